The van der Waals surface area contributed by atoms with Crippen molar-refractivity contribution in [1.29, 1.82) is 0 Å². The fourth-order valence-corrected chi connectivity index (χ4v) is 5.02. The molecule has 2 amide bonds. The molecule has 2 aliphatic heterocycles. The highest BCUT2D eigenvalue weighted by molar-refractivity contribution is 7.89. The molecule has 2 saturated heterocycles. The summed E-state index contributed by atoms with van der Waals surface area (Å²) in [5.74, 6) is 0.0625. The van der Waals surface area contributed by atoms with E-state index in [1.165, 1.54) is 12.1 Å². The average molecular weight is 431 g/mol. The lowest BCUT2D eigenvalue weighted by molar-refractivity contribution is -0.122. The molecule has 28 heavy (non-hydrogen) atoms. The molecule has 8 nitrogen and oxygen atoms in total. The second-order valence-corrected chi connectivity index (χ2v) is 8.97. The molecule has 2 N–H and O–H groups in total. The normalized spacial score (nSPS) is 21.0. The van der Waals surface area contributed by atoms with Gasteiger partial charge >= 0.3 is 0 Å². The first kappa shape index (κ1) is 22.6. The van der Waals surface area contributed by atoms with E-state index in [4.69, 9.17) is 0 Å². The molecule has 0 aliphatic carbocycles. The van der Waals surface area contributed by atoms with Gasteiger partial charge in [-0.25, -0.2) is 8.42 Å². The van der Waals surface area contributed by atoms with Crippen LogP contribution in [0.2, 0.25) is 0 Å². The van der Waals surface area contributed by atoms with Gasteiger partial charge in [0.1, 0.15) is 0 Å². The summed E-state index contributed by atoms with van der Waals surface area (Å²) >= 11 is 0. The highest BCUT2D eigenvalue weighted by Gasteiger charge is 2.29. The zero-order valence-corrected chi connectivity index (χ0v) is 17.5. The average Bonchev–Trinajstić information content (AvgIpc) is 2.68. The number of sulfonamides is 1. The van der Waals surface area contributed by atoms with Gasteiger partial charge in [0.25, 0.3) is 5.91 Å². The monoisotopic (exact) mass is 430 g/mol. The predicted octanol–water partition coefficient (Wildman–Crippen LogP) is 0.301. The van der Waals surface area contributed by atoms with E-state index in [0.717, 1.165) is 30.2 Å². The highest BCUT2D eigenvalue weighted by Crippen LogP contribution is 2.21. The van der Waals surface area contributed by atoms with E-state index in [1.54, 1.807) is 12.1 Å². The summed E-state index contributed by atoms with van der Waals surface area (Å²) in [6.45, 7) is 2.69. The van der Waals surface area contributed by atoms with Crippen LogP contribution in [0.5, 0.6) is 0 Å². The van der Waals surface area contributed by atoms with Crippen LogP contribution in [-0.2, 0) is 14.8 Å². The molecule has 2 fully saturated rings. The van der Waals surface area contributed by atoms with Gasteiger partial charge in [-0.15, -0.1) is 12.4 Å². The fourth-order valence-electron chi connectivity index (χ4n) is 3.63. The smallest absolute Gasteiger partial charge is 0.253 e. The zero-order valence-electron chi connectivity index (χ0n) is 15.9. The predicted molar refractivity (Wildman–Crippen MR) is 108 cm³/mol. The van der Waals surface area contributed by atoms with Crippen molar-refractivity contribution in [2.45, 2.75) is 17.7 Å². The van der Waals surface area contributed by atoms with Gasteiger partial charge in [0.2, 0.25) is 15.9 Å². The largest absolute Gasteiger partial charge is 0.354 e. The molecular formula is C18H27ClN4O4S. The molecule has 1 unspecified atom stereocenters. The number of rotatable bonds is 5. The number of hydrogen-bond acceptors (Lipinski definition) is 5. The molecule has 10 heteroatoms. The second-order valence-electron chi connectivity index (χ2n) is 7.03. The van der Waals surface area contributed by atoms with E-state index < -0.39 is 10.0 Å². The van der Waals surface area contributed by atoms with E-state index in [-0.39, 0.29) is 42.2 Å². The molecular weight excluding hydrogens is 404 g/mol. The van der Waals surface area contributed by atoms with Crippen LogP contribution in [-0.4, -0.2) is 75.8 Å². The molecule has 0 spiro atoms. The number of piperidine rings is 1. The third-order valence-corrected chi connectivity index (χ3v) is 6.90. The third-order valence-electron chi connectivity index (χ3n) is 5.04. The number of likely N-dealkylation sites (tertiary alicyclic amines) is 1. The maximum Gasteiger partial charge on any atom is 0.253 e. The van der Waals surface area contributed by atoms with Gasteiger partial charge in [0.05, 0.1) is 11.4 Å². The van der Waals surface area contributed by atoms with Gasteiger partial charge in [-0.2, -0.15) is 4.31 Å². The van der Waals surface area contributed by atoms with Gasteiger partial charge in [-0.05, 0) is 56.6 Å². The van der Waals surface area contributed by atoms with Gasteiger partial charge in [0.15, 0.2) is 0 Å². The Labute approximate surface area is 172 Å². The van der Waals surface area contributed by atoms with E-state index in [0.29, 0.717) is 24.6 Å². The minimum Gasteiger partial charge on any atom is -0.354 e. The number of nitrogens with zero attached hydrogens (tertiary/aromatic N) is 2. The van der Waals surface area contributed by atoms with Crippen LogP contribution in [0.4, 0.5) is 0 Å². The number of nitrogens with one attached hydrogen (secondary N) is 2. The number of carbonyl (C=O) groups is 2. The lowest BCUT2D eigenvalue weighted by Gasteiger charge is -2.32. The van der Waals surface area contributed by atoms with Crippen LogP contribution in [0.3, 0.4) is 0 Å². The number of carbonyl (C=O) groups excluding carboxylic acids is 2. The lowest BCUT2D eigenvalue weighted by Crippen LogP contribution is -2.49. The van der Waals surface area contributed by atoms with Crippen LogP contribution in [0.25, 0.3) is 0 Å². The van der Waals surface area contributed by atoms with Crippen LogP contribution >= 0.6 is 12.4 Å². The van der Waals surface area contributed by atoms with Crippen LogP contribution < -0.4 is 10.6 Å². The molecule has 1 atom stereocenters. The Morgan fingerprint density at radius 2 is 1.96 bits per heavy atom. The summed E-state index contributed by atoms with van der Waals surface area (Å²) < 4.78 is 26.5. The molecule has 2 aliphatic rings. The Morgan fingerprint density at radius 1 is 1.25 bits per heavy atom. The Balaban J connectivity index is 0.00000280. The Hall–Kier alpha value is -1.68. The van der Waals surface area contributed by atoms with Crippen molar-refractivity contribution < 1.29 is 18.0 Å². The van der Waals surface area contributed by atoms with Crippen LogP contribution in [0, 0.1) is 5.92 Å². The second kappa shape index (κ2) is 9.69. The van der Waals surface area contributed by atoms with E-state index in [2.05, 4.69) is 10.6 Å². The molecule has 0 aromatic heterocycles. The molecule has 3 rings (SSSR count). The molecule has 0 radical (unpaired) electrons. The molecule has 2 heterocycles. The molecule has 1 aromatic rings. The molecule has 0 bridgehead atoms. The van der Waals surface area contributed by atoms with Crippen molar-refractivity contribution in [3.8, 4) is 0 Å². The van der Waals surface area contributed by atoms with E-state index in [9.17, 15) is 18.0 Å². The maximum atomic E-state index is 12.7. The van der Waals surface area contributed by atoms with Gasteiger partial charge in [0, 0.05) is 31.7 Å². The number of halogens is 1. The first-order valence-electron chi connectivity index (χ1n) is 9.22. The highest BCUT2D eigenvalue weighted by atomic mass is 35.5. The minimum atomic E-state index is -3.74. The summed E-state index contributed by atoms with van der Waals surface area (Å²) in [7, 11) is -1.83. The third kappa shape index (κ3) is 5.02. The fraction of sp³-hybridized carbons (Fsp3) is 0.556. The lowest BCUT2D eigenvalue weighted by atomic mass is 9.97. The number of hydrogen-bond donors (Lipinski definition) is 2. The van der Waals surface area contributed by atoms with Crippen molar-refractivity contribution in [2.75, 3.05) is 46.3 Å². The van der Waals surface area contributed by atoms with E-state index >= 15 is 0 Å². The quantitative estimate of drug-likeness (QED) is 0.700. The molecule has 156 valence electrons. The SMILES string of the molecule is CNCC1CCCN(C(=O)c2ccc(S(=O)(=O)N3CCNC(=O)C3)cc2)C1.Cl. The van der Waals surface area contributed by atoms with Crippen molar-refractivity contribution in [1.82, 2.24) is 19.8 Å². The number of piperazine rings is 1. The minimum absolute atomic E-state index is 0. The van der Waals surface area contributed by atoms with Gasteiger partial charge in [-0.1, -0.05) is 0 Å². The summed E-state index contributed by atoms with van der Waals surface area (Å²) in [4.78, 5) is 26.2. The Morgan fingerprint density at radius 3 is 2.61 bits per heavy atom. The Kier molecular flexibility index (Phi) is 7.82. The van der Waals surface area contributed by atoms with Crippen molar-refractivity contribution in [2.24, 2.45) is 5.92 Å². The van der Waals surface area contributed by atoms with Crippen molar-refractivity contribution in [3.05, 3.63) is 29.8 Å². The molecule has 1 aromatic carbocycles. The summed E-state index contributed by atoms with van der Waals surface area (Å²) in [5.41, 5.74) is 0.482. The van der Waals surface area contributed by atoms with E-state index in [1.807, 2.05) is 11.9 Å². The zero-order chi connectivity index (χ0) is 19.4. The van der Waals surface area contributed by atoms with Crippen molar-refractivity contribution >= 4 is 34.2 Å². The van der Waals surface area contributed by atoms with Crippen molar-refractivity contribution in [3.63, 3.8) is 0 Å². The Bertz CT molecular complexity index is 798. The number of benzene rings is 1. The number of amides is 2. The van der Waals surface area contributed by atoms with Gasteiger partial charge in [-0.3, -0.25) is 9.59 Å². The molecule has 0 saturated carbocycles. The topological polar surface area (TPSA) is 98.8 Å². The first-order chi connectivity index (χ1) is 12.9. The van der Waals surface area contributed by atoms with Crippen LogP contribution in [0.1, 0.15) is 23.2 Å². The summed E-state index contributed by atoms with van der Waals surface area (Å²) in [5, 5.41) is 5.77. The first-order valence-corrected chi connectivity index (χ1v) is 10.7. The summed E-state index contributed by atoms with van der Waals surface area (Å²) in [6.07, 6.45) is 2.08. The maximum absolute atomic E-state index is 12.7. The van der Waals surface area contributed by atoms with Crippen LogP contribution in [0.15, 0.2) is 29.2 Å². The summed E-state index contributed by atoms with van der Waals surface area (Å²) in [6, 6.07) is 6.01. The standard InChI is InChI=1S/C18H26N4O4S.ClH/c1-19-11-14-3-2-9-21(12-14)18(24)15-4-6-16(7-5-15)27(25,26)22-10-8-20-17(23)13-22;/h4-7,14,19H,2-3,8-13H2,1H3,(H,20,23);1H. The van der Waals surface area contributed by atoms with Gasteiger partial charge < -0.3 is 15.5 Å².